The fraction of sp³-hybridized carbons (Fsp3) is 1.00. The molecule has 5 heteroatoms. The largest absolute Gasteiger partial charge is 0.695 e. The summed E-state index contributed by atoms with van der Waals surface area (Å²) in [5, 5.41) is 0. The minimum atomic E-state index is -2.58. The molecule has 0 saturated carbocycles. The summed E-state index contributed by atoms with van der Waals surface area (Å²) in [7, 11) is -2.58. The lowest BCUT2D eigenvalue weighted by Crippen LogP contribution is -2.17. The summed E-state index contributed by atoms with van der Waals surface area (Å²) < 4.78 is 27.4. The Bertz CT molecular complexity index is 177. The van der Waals surface area contributed by atoms with E-state index in [1.807, 2.05) is 6.92 Å². The van der Waals surface area contributed by atoms with Crippen LogP contribution in [0.5, 0.6) is 0 Å². The summed E-state index contributed by atoms with van der Waals surface area (Å²) in [5.74, 6) is 0. The van der Waals surface area contributed by atoms with Gasteiger partial charge >= 0.3 is 8.25 Å². The lowest BCUT2D eigenvalue weighted by Gasteiger charge is -2.05. The molecule has 1 N–H and O–H groups in total. The molecule has 11 heavy (non-hydrogen) atoms. The first-order chi connectivity index (χ1) is 5.63. The van der Waals surface area contributed by atoms with E-state index in [-0.39, 0.29) is 19.1 Å². The molecule has 1 aliphatic rings. The van der Waals surface area contributed by atoms with E-state index < -0.39 is 14.4 Å². The van der Waals surface area contributed by atoms with Gasteiger partial charge in [-0.3, -0.25) is 0 Å². The SMILES string of the molecule is [2H]CC1OC(C)CC1O[P+](=O)O. The Labute approximate surface area is 67.9 Å². The van der Waals surface area contributed by atoms with Gasteiger partial charge < -0.3 is 4.74 Å². The van der Waals surface area contributed by atoms with E-state index in [9.17, 15) is 4.57 Å². The molecule has 0 amide bonds. The summed E-state index contributed by atoms with van der Waals surface area (Å²) in [6.45, 7) is 1.93. The maximum absolute atomic E-state index is 10.3. The summed E-state index contributed by atoms with van der Waals surface area (Å²) >= 11 is 0. The van der Waals surface area contributed by atoms with Crippen LogP contribution in [-0.4, -0.2) is 23.2 Å². The summed E-state index contributed by atoms with van der Waals surface area (Å²) in [6.07, 6.45) is -0.150. The van der Waals surface area contributed by atoms with Gasteiger partial charge in [0.05, 0.1) is 12.2 Å². The van der Waals surface area contributed by atoms with Gasteiger partial charge in [-0.25, -0.2) is 0 Å². The van der Waals surface area contributed by atoms with Crippen molar-refractivity contribution >= 4 is 8.25 Å². The maximum Gasteiger partial charge on any atom is 0.695 e. The van der Waals surface area contributed by atoms with Crippen LogP contribution in [0.2, 0.25) is 0 Å². The average molecular weight is 180 g/mol. The van der Waals surface area contributed by atoms with E-state index in [2.05, 4.69) is 0 Å². The number of rotatable bonds is 2. The first-order valence-electron chi connectivity index (χ1n) is 4.11. The molecule has 0 radical (unpaired) electrons. The highest BCUT2D eigenvalue weighted by Gasteiger charge is 2.36. The molecule has 1 fully saturated rings. The van der Waals surface area contributed by atoms with Gasteiger partial charge in [-0.05, 0) is 13.8 Å². The van der Waals surface area contributed by atoms with Crippen molar-refractivity contribution in [2.75, 3.05) is 0 Å². The quantitative estimate of drug-likeness (QED) is 0.649. The van der Waals surface area contributed by atoms with E-state index in [1.54, 1.807) is 0 Å². The average Bonchev–Trinajstić information content (AvgIpc) is 2.29. The Hall–Kier alpha value is -0.0200. The van der Waals surface area contributed by atoms with Crippen molar-refractivity contribution in [2.45, 2.75) is 38.6 Å². The Kier molecular flexibility index (Phi) is 2.48. The lowest BCUT2D eigenvalue weighted by atomic mass is 10.2. The molecule has 0 spiro atoms. The summed E-state index contributed by atoms with van der Waals surface area (Å²) in [4.78, 5) is 8.48. The molecule has 0 aliphatic carbocycles. The zero-order chi connectivity index (χ0) is 9.14. The second kappa shape index (κ2) is 3.59. The number of hydrogen-bond acceptors (Lipinski definition) is 3. The second-order valence-electron chi connectivity index (χ2n) is 2.60. The van der Waals surface area contributed by atoms with E-state index in [4.69, 9.17) is 15.5 Å². The van der Waals surface area contributed by atoms with Crippen molar-refractivity contribution in [1.82, 2.24) is 0 Å². The lowest BCUT2D eigenvalue weighted by molar-refractivity contribution is 0.0351. The van der Waals surface area contributed by atoms with Gasteiger partial charge in [-0.2, -0.15) is 0 Å². The fourth-order valence-electron chi connectivity index (χ4n) is 1.15. The fourth-order valence-corrected chi connectivity index (χ4v) is 1.60. The second-order valence-corrected chi connectivity index (χ2v) is 3.29. The number of hydrogen-bond donors (Lipinski definition) is 1. The van der Waals surface area contributed by atoms with Gasteiger partial charge in [0.2, 0.25) is 0 Å². The molecule has 64 valence electrons. The molecule has 4 atom stereocenters. The van der Waals surface area contributed by atoms with Crippen molar-refractivity contribution in [3.05, 3.63) is 0 Å². The normalized spacial score (nSPS) is 40.4. The van der Waals surface area contributed by atoms with E-state index in [0.717, 1.165) is 0 Å². The van der Waals surface area contributed by atoms with Crippen LogP contribution in [0.4, 0.5) is 0 Å². The van der Waals surface area contributed by atoms with Crippen LogP contribution in [0.3, 0.4) is 0 Å². The highest BCUT2D eigenvalue weighted by atomic mass is 31.1. The van der Waals surface area contributed by atoms with Crippen molar-refractivity contribution in [1.29, 1.82) is 0 Å². The van der Waals surface area contributed by atoms with Crippen molar-refractivity contribution in [3.8, 4) is 0 Å². The molecule has 1 heterocycles. The van der Waals surface area contributed by atoms with Gasteiger partial charge in [0.1, 0.15) is 6.10 Å². The third-order valence-electron chi connectivity index (χ3n) is 1.61. The Balaban J connectivity index is 2.46. The molecule has 0 aromatic rings. The minimum absolute atomic E-state index is 0.0142. The molecule has 4 nitrogen and oxygen atoms in total. The molecule has 4 unspecified atom stereocenters. The Morgan fingerprint density at radius 2 is 2.64 bits per heavy atom. The molecule has 0 aromatic heterocycles. The van der Waals surface area contributed by atoms with Crippen LogP contribution >= 0.6 is 8.25 Å². The number of ether oxygens (including phenoxy) is 1. The zero-order valence-corrected chi connectivity index (χ0v) is 7.16. The van der Waals surface area contributed by atoms with E-state index in [0.29, 0.717) is 6.42 Å². The van der Waals surface area contributed by atoms with Gasteiger partial charge in [0.15, 0.2) is 0 Å². The van der Waals surface area contributed by atoms with Crippen molar-refractivity contribution in [2.24, 2.45) is 0 Å². The van der Waals surface area contributed by atoms with Gasteiger partial charge in [-0.15, -0.1) is 9.42 Å². The smallest absolute Gasteiger partial charge is 0.373 e. The molecular weight excluding hydrogens is 167 g/mol. The van der Waals surface area contributed by atoms with E-state index in [1.165, 1.54) is 0 Å². The molecular formula is C6H12O4P+. The van der Waals surface area contributed by atoms with Gasteiger partial charge in [-0.1, -0.05) is 0 Å². The van der Waals surface area contributed by atoms with Crippen molar-refractivity contribution < 1.29 is 20.1 Å². The van der Waals surface area contributed by atoms with Gasteiger partial charge in [0.25, 0.3) is 0 Å². The topological polar surface area (TPSA) is 55.8 Å². The predicted octanol–water partition coefficient (Wildman–Crippen LogP) is 1.22. The van der Waals surface area contributed by atoms with Crippen molar-refractivity contribution in [3.63, 3.8) is 0 Å². The highest BCUT2D eigenvalue weighted by molar-refractivity contribution is 7.32. The third-order valence-corrected chi connectivity index (χ3v) is 2.06. The molecule has 1 rings (SSSR count). The molecule has 0 aromatic carbocycles. The van der Waals surface area contributed by atoms with Crippen LogP contribution in [0.1, 0.15) is 21.6 Å². The summed E-state index contributed by atoms with van der Waals surface area (Å²) in [5.41, 5.74) is 0. The predicted molar refractivity (Wildman–Crippen MR) is 39.3 cm³/mol. The first-order valence-corrected chi connectivity index (χ1v) is 4.54. The zero-order valence-electron chi connectivity index (χ0n) is 7.27. The standard InChI is InChI=1S/C6H11O4P/c1-4-3-6(5(2)9-4)10-11(7)8/h4-6H,3H2,1-2H3/p+1/i2D. The van der Waals surface area contributed by atoms with Crippen LogP contribution in [0.15, 0.2) is 0 Å². The van der Waals surface area contributed by atoms with Crippen LogP contribution < -0.4 is 0 Å². The monoisotopic (exact) mass is 180 g/mol. The van der Waals surface area contributed by atoms with Crippen LogP contribution in [0, 0.1) is 0 Å². The highest BCUT2D eigenvalue weighted by Crippen LogP contribution is 2.29. The third kappa shape index (κ3) is 2.49. The first kappa shape index (κ1) is 7.62. The maximum atomic E-state index is 10.3. The summed E-state index contributed by atoms with van der Waals surface area (Å²) in [6, 6.07) is 0. The Morgan fingerprint density at radius 3 is 3.18 bits per heavy atom. The molecule has 1 saturated heterocycles. The molecule has 1 aliphatic heterocycles. The Morgan fingerprint density at radius 1 is 1.91 bits per heavy atom. The van der Waals surface area contributed by atoms with Gasteiger partial charge in [0, 0.05) is 12.4 Å². The van der Waals surface area contributed by atoms with E-state index >= 15 is 0 Å². The molecule has 0 bridgehead atoms. The van der Waals surface area contributed by atoms with Crippen LogP contribution in [-0.2, 0) is 13.8 Å². The minimum Gasteiger partial charge on any atom is -0.373 e. The van der Waals surface area contributed by atoms with Crippen LogP contribution in [0.25, 0.3) is 0 Å².